The first-order chi connectivity index (χ1) is 13.0. The maximum atomic E-state index is 12.9. The second kappa shape index (κ2) is 9.07. The maximum absolute atomic E-state index is 12.9. The number of nitrogens with zero attached hydrogens (tertiary/aromatic N) is 3. The first-order valence-electron chi connectivity index (χ1n) is 9.14. The number of carbonyl (C=O) groups is 1. The highest BCUT2D eigenvalue weighted by Gasteiger charge is 2.19. The molecule has 1 atom stereocenters. The van der Waals surface area contributed by atoms with Crippen molar-refractivity contribution in [2.45, 2.75) is 38.6 Å². The van der Waals surface area contributed by atoms with Crippen LogP contribution in [0, 0.1) is 5.82 Å². The zero-order valence-corrected chi connectivity index (χ0v) is 15.1. The van der Waals surface area contributed by atoms with Crippen LogP contribution in [0.25, 0.3) is 0 Å². The first-order valence-corrected chi connectivity index (χ1v) is 9.14. The maximum Gasteiger partial charge on any atom is 0.221 e. The average Bonchev–Trinajstić information content (AvgIpc) is 2.97. The normalized spacial score (nSPS) is 15.8. The zero-order valence-electron chi connectivity index (χ0n) is 15.1. The molecule has 146 valence electrons. The Morgan fingerprint density at radius 1 is 1.30 bits per heavy atom. The van der Waals surface area contributed by atoms with Gasteiger partial charge in [0.2, 0.25) is 5.91 Å². The van der Waals surface area contributed by atoms with E-state index in [2.05, 4.69) is 15.3 Å². The van der Waals surface area contributed by atoms with E-state index in [1.165, 1.54) is 12.1 Å². The van der Waals surface area contributed by atoms with Gasteiger partial charge in [0, 0.05) is 39.1 Å². The number of fused-ring (bicyclic) bond motifs is 1. The van der Waals surface area contributed by atoms with E-state index in [1.54, 1.807) is 12.1 Å². The Bertz CT molecular complexity index is 763. The first kappa shape index (κ1) is 19.5. The largest absolute Gasteiger partial charge is 0.393 e. The molecule has 1 aliphatic heterocycles. The van der Waals surface area contributed by atoms with Gasteiger partial charge in [-0.1, -0.05) is 12.1 Å². The van der Waals surface area contributed by atoms with Gasteiger partial charge in [0.25, 0.3) is 0 Å². The molecule has 27 heavy (non-hydrogen) atoms. The van der Waals surface area contributed by atoms with Crippen molar-refractivity contribution in [2.24, 2.45) is 0 Å². The van der Waals surface area contributed by atoms with Crippen LogP contribution in [0.5, 0.6) is 0 Å². The van der Waals surface area contributed by atoms with Crippen LogP contribution >= 0.6 is 0 Å². The van der Waals surface area contributed by atoms with Crippen LogP contribution < -0.4 is 5.32 Å². The molecule has 0 saturated heterocycles. The number of hydrogen-bond acceptors (Lipinski definition) is 5. The number of nitrogens with one attached hydrogen (secondary N) is 1. The molecule has 0 spiro atoms. The molecule has 2 heterocycles. The number of halogens is 1. The van der Waals surface area contributed by atoms with Gasteiger partial charge in [0.1, 0.15) is 11.9 Å². The van der Waals surface area contributed by atoms with Crippen LogP contribution in [0.1, 0.15) is 35.9 Å². The van der Waals surface area contributed by atoms with Crippen molar-refractivity contribution in [3.8, 4) is 0 Å². The fourth-order valence-corrected chi connectivity index (χ4v) is 3.15. The van der Waals surface area contributed by atoms with Gasteiger partial charge in [-0.05, 0) is 30.2 Å². The summed E-state index contributed by atoms with van der Waals surface area (Å²) in [4.78, 5) is 14.3. The Morgan fingerprint density at radius 2 is 2.07 bits per heavy atom. The molecule has 0 bridgehead atoms. The fraction of sp³-hybridized carbons (Fsp3) is 0.474. The standard InChI is InChI=1S/C19H25FN4O3/c20-15-4-2-14(3-5-15)11-21-19(27)6-9-23-7-1-8-24-16(12-23)10-17(22-24)18(26)13-25/h2-5,10,18,25-26H,1,6-9,11-13H2,(H,21,27). The lowest BCUT2D eigenvalue weighted by molar-refractivity contribution is -0.121. The lowest BCUT2D eigenvalue weighted by Crippen LogP contribution is -2.30. The van der Waals surface area contributed by atoms with Crippen molar-refractivity contribution in [1.82, 2.24) is 20.0 Å². The average molecular weight is 376 g/mol. The molecule has 2 aromatic rings. The summed E-state index contributed by atoms with van der Waals surface area (Å²) in [6, 6.07) is 7.88. The highest BCUT2D eigenvalue weighted by atomic mass is 19.1. The van der Waals surface area contributed by atoms with Gasteiger partial charge in [-0.15, -0.1) is 0 Å². The van der Waals surface area contributed by atoms with Gasteiger partial charge in [0.15, 0.2) is 0 Å². The third-order valence-electron chi connectivity index (χ3n) is 4.68. The molecule has 7 nitrogen and oxygen atoms in total. The molecule has 1 aliphatic rings. The number of benzene rings is 1. The molecule has 1 aromatic carbocycles. The smallest absolute Gasteiger partial charge is 0.221 e. The third kappa shape index (κ3) is 5.35. The Balaban J connectivity index is 1.48. The number of aliphatic hydroxyl groups excluding tert-OH is 2. The van der Waals surface area contributed by atoms with Crippen molar-refractivity contribution < 1.29 is 19.4 Å². The van der Waals surface area contributed by atoms with Gasteiger partial charge in [-0.25, -0.2) is 4.39 Å². The van der Waals surface area contributed by atoms with Crippen LogP contribution in [0.4, 0.5) is 4.39 Å². The summed E-state index contributed by atoms with van der Waals surface area (Å²) in [5, 5.41) is 26.0. The molecule has 0 saturated carbocycles. The van der Waals surface area contributed by atoms with E-state index in [-0.39, 0.29) is 18.3 Å². The van der Waals surface area contributed by atoms with E-state index < -0.39 is 6.10 Å². The second-order valence-corrected chi connectivity index (χ2v) is 6.76. The summed E-state index contributed by atoms with van der Waals surface area (Å²) in [7, 11) is 0. The van der Waals surface area contributed by atoms with Crippen LogP contribution in [-0.4, -0.2) is 50.5 Å². The summed E-state index contributed by atoms with van der Waals surface area (Å²) in [6.45, 7) is 2.92. The van der Waals surface area contributed by atoms with Gasteiger partial charge in [-0.3, -0.25) is 14.4 Å². The van der Waals surface area contributed by atoms with Crippen molar-refractivity contribution >= 4 is 5.91 Å². The Kier molecular flexibility index (Phi) is 6.54. The number of carbonyl (C=O) groups excluding carboxylic acids is 1. The molecule has 0 aliphatic carbocycles. The number of aryl methyl sites for hydroxylation is 1. The van der Waals surface area contributed by atoms with Crippen molar-refractivity contribution in [3.05, 3.63) is 53.1 Å². The van der Waals surface area contributed by atoms with Gasteiger partial charge in [-0.2, -0.15) is 5.10 Å². The predicted octanol–water partition coefficient (Wildman–Crippen LogP) is 0.960. The fourth-order valence-electron chi connectivity index (χ4n) is 3.15. The van der Waals surface area contributed by atoms with Crippen LogP contribution in [-0.2, 0) is 24.4 Å². The molecule has 3 N–H and O–H groups in total. The van der Waals surface area contributed by atoms with E-state index >= 15 is 0 Å². The third-order valence-corrected chi connectivity index (χ3v) is 4.68. The van der Waals surface area contributed by atoms with E-state index in [1.807, 2.05) is 10.7 Å². The lowest BCUT2D eigenvalue weighted by Gasteiger charge is -2.19. The zero-order chi connectivity index (χ0) is 19.2. The summed E-state index contributed by atoms with van der Waals surface area (Å²) in [5.41, 5.74) is 2.31. The number of rotatable bonds is 7. The summed E-state index contributed by atoms with van der Waals surface area (Å²) < 4.78 is 14.8. The lowest BCUT2D eigenvalue weighted by atomic mass is 10.2. The van der Waals surface area contributed by atoms with Crippen molar-refractivity contribution in [1.29, 1.82) is 0 Å². The highest BCUT2D eigenvalue weighted by Crippen LogP contribution is 2.18. The summed E-state index contributed by atoms with van der Waals surface area (Å²) >= 11 is 0. The van der Waals surface area contributed by atoms with Crippen molar-refractivity contribution in [3.63, 3.8) is 0 Å². The molecule has 8 heteroatoms. The van der Waals surface area contributed by atoms with Crippen LogP contribution in [0.3, 0.4) is 0 Å². The second-order valence-electron chi connectivity index (χ2n) is 6.76. The number of aliphatic hydroxyl groups is 2. The molecule has 0 radical (unpaired) electrons. The van der Waals surface area contributed by atoms with E-state index in [9.17, 15) is 14.3 Å². The SMILES string of the molecule is O=C(CCN1CCCn2nc(C(O)CO)cc2C1)NCc1ccc(F)cc1. The van der Waals surface area contributed by atoms with Crippen LogP contribution in [0.15, 0.2) is 30.3 Å². The van der Waals surface area contributed by atoms with Gasteiger partial charge in [0.05, 0.1) is 18.0 Å². The molecule has 1 amide bonds. The molecule has 1 unspecified atom stereocenters. The summed E-state index contributed by atoms with van der Waals surface area (Å²) in [6.07, 6.45) is 0.317. The number of hydrogen-bond donors (Lipinski definition) is 3. The Hall–Kier alpha value is -2.29. The quantitative estimate of drug-likeness (QED) is 0.670. The molecule has 0 fully saturated rings. The van der Waals surface area contributed by atoms with Gasteiger partial charge < -0.3 is 15.5 Å². The van der Waals surface area contributed by atoms with E-state index in [4.69, 9.17) is 5.11 Å². The Morgan fingerprint density at radius 3 is 2.81 bits per heavy atom. The van der Waals surface area contributed by atoms with E-state index in [0.717, 1.165) is 30.8 Å². The minimum Gasteiger partial charge on any atom is -0.393 e. The predicted molar refractivity (Wildman–Crippen MR) is 97.0 cm³/mol. The Labute approximate surface area is 157 Å². The number of amides is 1. The monoisotopic (exact) mass is 376 g/mol. The molecular formula is C19H25FN4O3. The molecule has 1 aromatic heterocycles. The minimum absolute atomic E-state index is 0.0477. The van der Waals surface area contributed by atoms with E-state index in [0.29, 0.717) is 31.7 Å². The molecular weight excluding hydrogens is 351 g/mol. The number of aromatic nitrogens is 2. The topological polar surface area (TPSA) is 90.6 Å². The van der Waals surface area contributed by atoms with Crippen molar-refractivity contribution in [2.75, 3.05) is 19.7 Å². The highest BCUT2D eigenvalue weighted by molar-refractivity contribution is 5.76. The summed E-state index contributed by atoms with van der Waals surface area (Å²) in [5.74, 6) is -0.339. The minimum atomic E-state index is -0.963. The van der Waals surface area contributed by atoms with Gasteiger partial charge >= 0.3 is 0 Å². The van der Waals surface area contributed by atoms with Crippen LogP contribution in [0.2, 0.25) is 0 Å². The molecule has 3 rings (SSSR count).